The van der Waals surface area contributed by atoms with Gasteiger partial charge in [0.2, 0.25) is 0 Å². The molecule has 3 fully saturated rings. The van der Waals surface area contributed by atoms with Gasteiger partial charge >= 0.3 is 24.8 Å². The van der Waals surface area contributed by atoms with Crippen LogP contribution in [0.4, 0.5) is 0 Å². The minimum Gasteiger partial charge on any atom is -1.00 e. The molecule has 0 aromatic rings. The number of piperidine rings is 3. The van der Waals surface area contributed by atoms with Crippen LogP contribution in [0.1, 0.15) is 14.3 Å². The summed E-state index contributed by atoms with van der Waals surface area (Å²) < 4.78 is 0. The molecule has 1 N–H and O–H groups in total. The van der Waals surface area contributed by atoms with Crippen LogP contribution in [0, 0.1) is 11.8 Å². The molecule has 0 saturated carbocycles. The van der Waals surface area contributed by atoms with Gasteiger partial charge < -0.3 is 11.4 Å². The monoisotopic (exact) mass is 163 g/mol. The van der Waals surface area contributed by atoms with E-state index in [1.807, 2.05) is 0 Å². The average Bonchev–Trinajstić information content (AvgIpc) is 2.06. The van der Waals surface area contributed by atoms with Crippen LogP contribution < -0.4 is 18.9 Å². The second-order valence-corrected chi connectivity index (χ2v) is 3.58. The molecule has 0 aliphatic carbocycles. The summed E-state index contributed by atoms with van der Waals surface area (Å²) in [5, 5.41) is 8.83. The van der Waals surface area contributed by atoms with Gasteiger partial charge in [0.25, 0.3) is 0 Å². The van der Waals surface area contributed by atoms with Crippen molar-refractivity contribution < 1.29 is 30.2 Å². The maximum absolute atomic E-state index is 10.7. The van der Waals surface area contributed by atoms with Crippen molar-refractivity contribution >= 4 is 5.97 Å². The summed E-state index contributed by atoms with van der Waals surface area (Å²) in [6, 6.07) is 0. The summed E-state index contributed by atoms with van der Waals surface area (Å²) in [6.07, 6.45) is 2.19. The zero-order chi connectivity index (χ0) is 7.84. The Bertz CT molecular complexity index is 183. The zero-order valence-electron chi connectivity index (χ0n) is 8.49. The summed E-state index contributed by atoms with van der Waals surface area (Å²) in [5.41, 5.74) is 0. The minimum atomic E-state index is -0.598. The van der Waals surface area contributed by atoms with E-state index in [0.717, 1.165) is 32.5 Å². The number of aliphatic carboxylic acids is 1. The second-order valence-electron chi connectivity index (χ2n) is 3.58. The van der Waals surface area contributed by atoms with E-state index >= 15 is 0 Å². The Balaban J connectivity index is 0.000000720. The van der Waals surface area contributed by atoms with Crippen molar-refractivity contribution in [3.05, 3.63) is 0 Å². The van der Waals surface area contributed by atoms with Gasteiger partial charge in [-0.15, -0.1) is 0 Å². The fourth-order valence-corrected chi connectivity index (χ4v) is 2.24. The molecule has 0 amide bonds. The van der Waals surface area contributed by atoms with Crippen LogP contribution in [0.25, 0.3) is 0 Å². The summed E-state index contributed by atoms with van der Waals surface area (Å²) >= 11 is 0. The van der Waals surface area contributed by atoms with E-state index in [0.29, 0.717) is 5.92 Å². The van der Waals surface area contributed by atoms with Crippen LogP contribution in [-0.4, -0.2) is 35.6 Å². The topological polar surface area (TPSA) is 40.5 Å². The van der Waals surface area contributed by atoms with Gasteiger partial charge in [-0.25, -0.2) is 0 Å². The van der Waals surface area contributed by atoms with Crippen LogP contribution in [0.3, 0.4) is 0 Å². The SMILES string of the molecule is O=C(O)C1CN2CCC1CC2.[H-].[Li+]. The van der Waals surface area contributed by atoms with Crippen LogP contribution in [0.5, 0.6) is 0 Å². The molecule has 1 atom stereocenters. The van der Waals surface area contributed by atoms with Crippen LogP contribution in [-0.2, 0) is 4.79 Å². The van der Waals surface area contributed by atoms with Gasteiger partial charge in [-0.1, -0.05) is 0 Å². The third-order valence-corrected chi connectivity index (χ3v) is 2.97. The number of fused-ring (bicyclic) bond motifs is 3. The maximum atomic E-state index is 10.7. The molecule has 3 heterocycles. The first-order valence-electron chi connectivity index (χ1n) is 4.22. The summed E-state index contributed by atoms with van der Waals surface area (Å²) in [6.45, 7) is 3.03. The molecule has 3 saturated heterocycles. The molecule has 3 aliphatic rings. The Morgan fingerprint density at radius 1 is 1.42 bits per heavy atom. The van der Waals surface area contributed by atoms with Gasteiger partial charge in [-0.3, -0.25) is 4.79 Å². The van der Waals surface area contributed by atoms with Gasteiger partial charge in [0.05, 0.1) is 5.92 Å². The van der Waals surface area contributed by atoms with Crippen molar-refractivity contribution in [3.8, 4) is 0 Å². The van der Waals surface area contributed by atoms with E-state index in [1.54, 1.807) is 0 Å². The van der Waals surface area contributed by atoms with Gasteiger partial charge in [0.15, 0.2) is 0 Å². The van der Waals surface area contributed by atoms with Crippen molar-refractivity contribution in [2.45, 2.75) is 12.8 Å². The molecular weight excluding hydrogens is 149 g/mol. The van der Waals surface area contributed by atoms with Crippen molar-refractivity contribution in [3.63, 3.8) is 0 Å². The van der Waals surface area contributed by atoms with Crippen molar-refractivity contribution in [1.82, 2.24) is 4.90 Å². The fourth-order valence-electron chi connectivity index (χ4n) is 2.24. The number of hydrogen-bond acceptors (Lipinski definition) is 2. The number of hydrogen-bond donors (Lipinski definition) is 1. The third-order valence-electron chi connectivity index (χ3n) is 2.97. The summed E-state index contributed by atoms with van der Waals surface area (Å²) in [4.78, 5) is 13.0. The Morgan fingerprint density at radius 3 is 2.25 bits per heavy atom. The first-order valence-corrected chi connectivity index (χ1v) is 4.22. The van der Waals surface area contributed by atoms with Gasteiger partial charge in [0.1, 0.15) is 0 Å². The van der Waals surface area contributed by atoms with E-state index in [4.69, 9.17) is 5.11 Å². The molecule has 3 aliphatic heterocycles. The maximum Gasteiger partial charge on any atom is 1.00 e. The van der Waals surface area contributed by atoms with Gasteiger partial charge in [-0.05, 0) is 31.8 Å². The van der Waals surface area contributed by atoms with Gasteiger partial charge in [0, 0.05) is 6.54 Å². The minimum absolute atomic E-state index is 0. The van der Waals surface area contributed by atoms with E-state index in [1.165, 1.54) is 0 Å². The first kappa shape index (κ1) is 10.1. The number of nitrogens with zero attached hydrogens (tertiary/aromatic N) is 1. The third kappa shape index (κ3) is 1.68. The molecule has 3 rings (SSSR count). The standard InChI is InChI=1S/C8H13NO2.Li.H/c10-8(11)7-5-9-3-1-6(7)2-4-9;;/h6-7H,1-5H2,(H,10,11);;/q;+1;-1. The Hall–Kier alpha value is 0.0274. The fraction of sp³-hybridized carbons (Fsp3) is 0.875. The van der Waals surface area contributed by atoms with Crippen molar-refractivity contribution in [1.29, 1.82) is 0 Å². The molecule has 1 unspecified atom stereocenters. The Labute approximate surface area is 85.8 Å². The summed E-state index contributed by atoms with van der Waals surface area (Å²) in [5.74, 6) is -0.200. The zero-order valence-corrected chi connectivity index (χ0v) is 7.49. The van der Waals surface area contributed by atoms with E-state index < -0.39 is 5.97 Å². The normalized spacial score (nSPS) is 38.8. The molecule has 0 aromatic heterocycles. The second kappa shape index (κ2) is 3.82. The molecule has 4 heteroatoms. The van der Waals surface area contributed by atoms with Crippen LogP contribution >= 0.6 is 0 Å². The first-order chi connectivity index (χ1) is 5.27. The van der Waals surface area contributed by atoms with E-state index in [9.17, 15) is 4.79 Å². The van der Waals surface area contributed by atoms with E-state index in [-0.39, 0.29) is 26.2 Å². The van der Waals surface area contributed by atoms with Crippen LogP contribution in [0.15, 0.2) is 0 Å². The molecule has 64 valence electrons. The smallest absolute Gasteiger partial charge is 1.00 e. The molecule has 0 aromatic carbocycles. The Morgan fingerprint density at radius 2 is 2.00 bits per heavy atom. The number of carboxylic acids is 1. The Kier molecular flexibility index (Phi) is 3.22. The molecule has 0 radical (unpaired) electrons. The number of carbonyl (C=O) groups is 1. The number of carboxylic acid groups (broad SMARTS) is 1. The molecule has 3 nitrogen and oxygen atoms in total. The quantitative estimate of drug-likeness (QED) is 0.435. The average molecular weight is 163 g/mol. The molecule has 12 heavy (non-hydrogen) atoms. The summed E-state index contributed by atoms with van der Waals surface area (Å²) in [7, 11) is 0. The number of rotatable bonds is 1. The van der Waals surface area contributed by atoms with Crippen LogP contribution in [0.2, 0.25) is 0 Å². The van der Waals surface area contributed by atoms with Gasteiger partial charge in [-0.2, -0.15) is 0 Å². The molecule has 2 bridgehead atoms. The largest absolute Gasteiger partial charge is 1.00 e. The predicted octanol–water partition coefficient (Wildman–Crippen LogP) is -2.47. The predicted molar refractivity (Wildman–Crippen MR) is 41.4 cm³/mol. The molecule has 0 spiro atoms. The van der Waals surface area contributed by atoms with Crippen molar-refractivity contribution in [2.24, 2.45) is 11.8 Å². The van der Waals surface area contributed by atoms with Crippen molar-refractivity contribution in [2.75, 3.05) is 19.6 Å². The molecular formula is C8H14LiNO2. The van der Waals surface area contributed by atoms with E-state index in [2.05, 4.69) is 4.90 Å².